The average molecular weight is 556 g/mol. The molecule has 2 aromatic carbocycles. The summed E-state index contributed by atoms with van der Waals surface area (Å²) in [6.07, 6.45) is -3.39. The van der Waals surface area contributed by atoms with Crippen LogP contribution < -0.4 is 0 Å². The summed E-state index contributed by atoms with van der Waals surface area (Å²) in [6, 6.07) is 8.59. The van der Waals surface area contributed by atoms with Gasteiger partial charge in [0.2, 0.25) is 0 Å². The molecule has 0 amide bonds. The maximum atomic E-state index is 13.4. The molecule has 1 heterocycles. The number of halogens is 6. The van der Waals surface area contributed by atoms with Crippen LogP contribution in [0.15, 0.2) is 41.4 Å². The van der Waals surface area contributed by atoms with E-state index < -0.39 is 39.5 Å². The fourth-order valence-corrected chi connectivity index (χ4v) is 4.16. The summed E-state index contributed by atoms with van der Waals surface area (Å²) in [5.74, 6) is -2.44. The highest BCUT2D eigenvalue weighted by atomic mass is 35.5. The van der Waals surface area contributed by atoms with Crippen LogP contribution in [0.3, 0.4) is 0 Å². The fraction of sp³-hybridized carbons (Fsp3) is 0.250. The highest BCUT2D eigenvalue weighted by molar-refractivity contribution is 6.38. The lowest BCUT2D eigenvalue weighted by molar-refractivity contribution is -0.142. The number of carbonyl (C=O) groups is 1. The van der Waals surface area contributed by atoms with E-state index in [0.717, 1.165) is 11.8 Å². The van der Waals surface area contributed by atoms with Crippen molar-refractivity contribution >= 4 is 41.3 Å². The van der Waals surface area contributed by atoms with E-state index >= 15 is 0 Å². The number of esters is 1. The van der Waals surface area contributed by atoms with Crippen molar-refractivity contribution in [2.75, 3.05) is 21.2 Å². The minimum atomic E-state index is -4.71. The molecule has 37 heavy (non-hydrogen) atoms. The van der Waals surface area contributed by atoms with Crippen molar-refractivity contribution in [2.45, 2.75) is 18.5 Å². The topological polar surface area (TPSA) is 83.5 Å². The van der Waals surface area contributed by atoms with Crippen LogP contribution in [0.2, 0.25) is 10.0 Å². The Morgan fingerprint density at radius 3 is 2.32 bits per heavy atom. The molecule has 1 unspecified atom stereocenters. The van der Waals surface area contributed by atoms with E-state index in [2.05, 4.69) is 10.1 Å². The molecule has 0 spiro atoms. The Labute approximate surface area is 219 Å². The van der Waals surface area contributed by atoms with Crippen LogP contribution in [0.5, 0.6) is 0 Å². The van der Waals surface area contributed by atoms with E-state index in [0.29, 0.717) is 17.7 Å². The number of rotatable bonds is 7. The normalized spacial score (nSPS) is 12.4. The van der Waals surface area contributed by atoms with Crippen LogP contribution in [0.4, 0.5) is 23.4 Å². The van der Waals surface area contributed by atoms with Gasteiger partial charge in [-0.05, 0) is 36.2 Å². The number of aliphatic imine (C=N–C) groups is 1. The zero-order valence-corrected chi connectivity index (χ0v) is 21.2. The Morgan fingerprint density at radius 2 is 1.84 bits per heavy atom. The van der Waals surface area contributed by atoms with Crippen molar-refractivity contribution in [1.29, 1.82) is 5.26 Å². The number of nitrogens with zero attached hydrogens (tertiary/aromatic N) is 5. The van der Waals surface area contributed by atoms with Crippen LogP contribution in [-0.2, 0) is 22.1 Å². The van der Waals surface area contributed by atoms with E-state index in [4.69, 9.17) is 27.9 Å². The smallest absolute Gasteiger partial charge is 0.416 e. The number of methoxy groups -OCH3 is 1. The van der Waals surface area contributed by atoms with Crippen molar-refractivity contribution in [3.05, 3.63) is 74.6 Å². The lowest BCUT2D eigenvalue weighted by Crippen LogP contribution is -2.18. The van der Waals surface area contributed by atoms with E-state index in [9.17, 15) is 27.6 Å². The van der Waals surface area contributed by atoms with E-state index in [-0.39, 0.29) is 29.2 Å². The monoisotopic (exact) mass is 555 g/mol. The van der Waals surface area contributed by atoms with Crippen molar-refractivity contribution in [2.24, 2.45) is 4.99 Å². The molecule has 0 fully saturated rings. The first kappa shape index (κ1) is 28.0. The number of alkyl halides is 3. The standard InChI is InChI=1S/C24H19Cl2F4N5O2/c1-34(2)12-32-22-20(16(23(36)37-3)8-13-4-6-15(27)7-5-13)19(11-31)33-35(22)21-17(25)9-14(10-18(21)26)24(28,29)30/h4-7,9-10,12,16H,8H2,1-3H3. The second-order valence-corrected chi connectivity index (χ2v) is 8.82. The average Bonchev–Trinajstić information content (AvgIpc) is 3.18. The summed E-state index contributed by atoms with van der Waals surface area (Å²) >= 11 is 12.4. The van der Waals surface area contributed by atoms with Gasteiger partial charge in [0.25, 0.3) is 0 Å². The third-order valence-electron chi connectivity index (χ3n) is 5.16. The minimum Gasteiger partial charge on any atom is -0.469 e. The highest BCUT2D eigenvalue weighted by Crippen LogP contribution is 2.41. The number of hydrogen-bond donors (Lipinski definition) is 0. The summed E-state index contributed by atoms with van der Waals surface area (Å²) in [4.78, 5) is 18.8. The van der Waals surface area contributed by atoms with Crippen LogP contribution in [-0.4, -0.2) is 48.2 Å². The molecule has 194 valence electrons. The largest absolute Gasteiger partial charge is 0.469 e. The summed E-state index contributed by atoms with van der Waals surface area (Å²) in [6.45, 7) is 0. The Bertz CT molecular complexity index is 1360. The molecule has 0 saturated carbocycles. The summed E-state index contributed by atoms with van der Waals surface area (Å²) in [7, 11) is 4.47. The van der Waals surface area contributed by atoms with Gasteiger partial charge in [0.05, 0.1) is 35.0 Å². The first-order valence-electron chi connectivity index (χ1n) is 10.5. The Morgan fingerprint density at radius 1 is 1.24 bits per heavy atom. The van der Waals surface area contributed by atoms with Gasteiger partial charge in [0.1, 0.15) is 17.6 Å². The van der Waals surface area contributed by atoms with Gasteiger partial charge in [-0.15, -0.1) is 0 Å². The van der Waals surface area contributed by atoms with Gasteiger partial charge in [0.15, 0.2) is 11.5 Å². The predicted molar refractivity (Wildman–Crippen MR) is 130 cm³/mol. The van der Waals surface area contributed by atoms with Crippen LogP contribution in [0.1, 0.15) is 28.3 Å². The van der Waals surface area contributed by atoms with E-state index in [1.807, 2.05) is 6.07 Å². The molecule has 13 heteroatoms. The summed E-state index contributed by atoms with van der Waals surface area (Å²) < 4.78 is 59.2. The summed E-state index contributed by atoms with van der Waals surface area (Å²) in [5, 5.41) is 13.2. The second kappa shape index (κ2) is 11.2. The SMILES string of the molecule is COC(=O)C(Cc1ccc(F)cc1)c1c(C#N)nn(-c2c(Cl)cc(C(F)(F)F)cc2Cl)c1N=CN(C)C. The van der Waals surface area contributed by atoms with Crippen molar-refractivity contribution in [3.63, 3.8) is 0 Å². The van der Waals surface area contributed by atoms with Crippen LogP contribution >= 0.6 is 23.2 Å². The zero-order chi connectivity index (χ0) is 27.5. The summed E-state index contributed by atoms with van der Waals surface area (Å²) in [5.41, 5.74) is -0.933. The molecular formula is C24H19Cl2F4N5O2. The van der Waals surface area contributed by atoms with Gasteiger partial charge in [-0.3, -0.25) is 4.79 Å². The fourth-order valence-electron chi connectivity index (χ4n) is 3.51. The number of ether oxygens (including phenoxy) is 1. The molecule has 7 nitrogen and oxygen atoms in total. The van der Waals surface area contributed by atoms with Gasteiger partial charge in [-0.2, -0.15) is 23.5 Å². The minimum absolute atomic E-state index is 0.0215. The molecule has 0 bridgehead atoms. The maximum Gasteiger partial charge on any atom is 0.416 e. The van der Waals surface area contributed by atoms with Crippen LogP contribution in [0.25, 0.3) is 5.69 Å². The lowest BCUT2D eigenvalue weighted by atomic mass is 9.91. The molecule has 0 N–H and O–H groups in total. The number of aromatic nitrogens is 2. The number of benzene rings is 2. The molecule has 1 atom stereocenters. The number of hydrogen-bond acceptors (Lipinski definition) is 5. The van der Waals surface area contributed by atoms with Crippen LogP contribution in [0, 0.1) is 17.1 Å². The molecule has 0 aliphatic heterocycles. The number of carbonyl (C=O) groups excluding carboxylic acids is 1. The van der Waals surface area contributed by atoms with Gasteiger partial charge in [-0.1, -0.05) is 35.3 Å². The zero-order valence-electron chi connectivity index (χ0n) is 19.6. The molecular weight excluding hydrogens is 537 g/mol. The molecule has 3 rings (SSSR count). The van der Waals surface area contributed by atoms with Gasteiger partial charge in [-0.25, -0.2) is 14.1 Å². The van der Waals surface area contributed by atoms with Crippen molar-refractivity contribution in [3.8, 4) is 11.8 Å². The first-order valence-corrected chi connectivity index (χ1v) is 11.3. The second-order valence-electron chi connectivity index (χ2n) is 8.01. The Balaban J connectivity index is 2.31. The van der Waals surface area contributed by atoms with Crippen molar-refractivity contribution in [1.82, 2.24) is 14.7 Å². The predicted octanol–water partition coefficient (Wildman–Crippen LogP) is 5.93. The maximum absolute atomic E-state index is 13.4. The van der Waals surface area contributed by atoms with E-state index in [1.165, 1.54) is 30.6 Å². The van der Waals surface area contributed by atoms with Crippen molar-refractivity contribution < 1.29 is 27.1 Å². The Hall–Kier alpha value is -3.62. The lowest BCUT2D eigenvalue weighted by Gasteiger charge is -2.17. The molecule has 3 aromatic rings. The first-order chi connectivity index (χ1) is 17.4. The van der Waals surface area contributed by atoms with Gasteiger partial charge in [0, 0.05) is 19.7 Å². The Kier molecular flexibility index (Phi) is 8.46. The highest BCUT2D eigenvalue weighted by Gasteiger charge is 2.35. The van der Waals surface area contributed by atoms with E-state index in [1.54, 1.807) is 19.0 Å². The molecule has 1 aromatic heterocycles. The molecule has 0 saturated heterocycles. The van der Waals surface area contributed by atoms with Gasteiger partial charge < -0.3 is 9.64 Å². The molecule has 0 aliphatic rings. The molecule has 0 aliphatic carbocycles. The third kappa shape index (κ3) is 6.21. The molecule has 0 radical (unpaired) electrons. The quantitative estimate of drug-likeness (QED) is 0.156. The van der Waals surface area contributed by atoms with Gasteiger partial charge >= 0.3 is 12.1 Å². The number of nitriles is 1. The third-order valence-corrected chi connectivity index (χ3v) is 5.73.